The number of fused-ring (bicyclic) bond motifs is 1. The van der Waals surface area contributed by atoms with Gasteiger partial charge in [0.25, 0.3) is 5.91 Å². The number of aromatic amines is 1. The number of para-hydroxylation sites is 1. The van der Waals surface area contributed by atoms with Gasteiger partial charge in [0, 0.05) is 59.5 Å². The van der Waals surface area contributed by atoms with E-state index in [1.165, 1.54) is 15.8 Å². The van der Waals surface area contributed by atoms with Gasteiger partial charge in [0.15, 0.2) is 0 Å². The predicted molar refractivity (Wildman–Crippen MR) is 132 cm³/mol. The van der Waals surface area contributed by atoms with Gasteiger partial charge in [-0.2, -0.15) is 0 Å². The fourth-order valence-corrected chi connectivity index (χ4v) is 5.61. The third-order valence-corrected chi connectivity index (χ3v) is 7.66. The summed E-state index contributed by atoms with van der Waals surface area (Å²) >= 11 is 1.67. The van der Waals surface area contributed by atoms with Crippen LogP contribution in [0.3, 0.4) is 0 Å². The summed E-state index contributed by atoms with van der Waals surface area (Å²) in [4.78, 5) is 31.7. The molecule has 5 nitrogen and oxygen atoms in total. The lowest BCUT2D eigenvalue weighted by Gasteiger charge is -2.31. The number of amides is 2. The van der Waals surface area contributed by atoms with Gasteiger partial charge in [-0.1, -0.05) is 24.3 Å². The monoisotopic (exact) mass is 493 g/mol. The summed E-state index contributed by atoms with van der Waals surface area (Å²) in [5, 5.41) is 6.31. The molecule has 180 valence electrons. The standard InChI is InChI=1S/C27H25F2N3O2S/c28-18-7-8-20(23(29)14-18)27(34)32-11-9-17(10-12-32)26(33)31-16-22(25-6-3-13-35-25)21-15-30-24-5-2-1-4-19(21)24/h1-8,13-15,17,22,30H,9-12,16H2,(H,31,33). The van der Waals surface area contributed by atoms with Gasteiger partial charge in [0.1, 0.15) is 11.6 Å². The van der Waals surface area contributed by atoms with Gasteiger partial charge in [0.05, 0.1) is 5.56 Å². The Kier molecular flexibility index (Phi) is 6.63. The van der Waals surface area contributed by atoms with Crippen LogP contribution < -0.4 is 5.32 Å². The molecule has 0 spiro atoms. The number of hydrogen-bond donors (Lipinski definition) is 2. The van der Waals surface area contributed by atoms with E-state index in [2.05, 4.69) is 22.4 Å². The minimum absolute atomic E-state index is 0.0261. The topological polar surface area (TPSA) is 65.2 Å². The number of H-pyrrole nitrogens is 1. The number of rotatable bonds is 6. The number of likely N-dealkylation sites (tertiary alicyclic amines) is 1. The third kappa shape index (κ3) is 4.84. The van der Waals surface area contributed by atoms with Crippen LogP contribution in [-0.4, -0.2) is 41.3 Å². The molecule has 1 fully saturated rings. The zero-order valence-corrected chi connectivity index (χ0v) is 19.8. The van der Waals surface area contributed by atoms with E-state index in [1.807, 2.05) is 35.8 Å². The maximum absolute atomic E-state index is 14.0. The smallest absolute Gasteiger partial charge is 0.256 e. The third-order valence-electron chi connectivity index (χ3n) is 6.68. The highest BCUT2D eigenvalue weighted by Crippen LogP contribution is 2.33. The number of piperidine rings is 1. The number of hydrogen-bond acceptors (Lipinski definition) is 3. The Morgan fingerprint density at radius 1 is 1.09 bits per heavy atom. The van der Waals surface area contributed by atoms with Crippen molar-refractivity contribution in [3.63, 3.8) is 0 Å². The number of benzene rings is 2. The van der Waals surface area contributed by atoms with Crippen molar-refractivity contribution >= 4 is 34.1 Å². The van der Waals surface area contributed by atoms with Crippen molar-refractivity contribution < 1.29 is 18.4 Å². The zero-order valence-electron chi connectivity index (χ0n) is 19.0. The molecule has 5 rings (SSSR count). The number of halogens is 2. The Hall–Kier alpha value is -3.52. The van der Waals surface area contributed by atoms with E-state index < -0.39 is 17.5 Å². The number of carbonyl (C=O) groups is 2. The lowest BCUT2D eigenvalue weighted by Crippen LogP contribution is -2.43. The molecule has 0 bridgehead atoms. The first-order valence-electron chi connectivity index (χ1n) is 11.6. The van der Waals surface area contributed by atoms with Gasteiger partial charge in [-0.25, -0.2) is 8.78 Å². The highest BCUT2D eigenvalue weighted by atomic mass is 32.1. The number of nitrogens with zero attached hydrogens (tertiary/aromatic N) is 1. The lowest BCUT2D eigenvalue weighted by molar-refractivity contribution is -0.126. The molecule has 1 aliphatic rings. The maximum Gasteiger partial charge on any atom is 0.256 e. The van der Waals surface area contributed by atoms with Crippen LogP contribution in [0.1, 0.15) is 39.6 Å². The average molecular weight is 494 g/mol. The Morgan fingerprint density at radius 3 is 2.63 bits per heavy atom. The number of nitrogens with one attached hydrogen (secondary N) is 2. The summed E-state index contributed by atoms with van der Waals surface area (Å²) in [6.07, 6.45) is 3.01. The molecular formula is C27H25F2N3O2S. The van der Waals surface area contributed by atoms with Crippen LogP contribution in [0.2, 0.25) is 0 Å². The van der Waals surface area contributed by atoms with Gasteiger partial charge in [-0.15, -0.1) is 11.3 Å². The summed E-state index contributed by atoms with van der Waals surface area (Å²) in [6, 6.07) is 15.2. The molecular weight excluding hydrogens is 468 g/mol. The second-order valence-electron chi connectivity index (χ2n) is 8.79. The normalized spacial score (nSPS) is 15.3. The van der Waals surface area contributed by atoms with Gasteiger partial charge < -0.3 is 15.2 Å². The summed E-state index contributed by atoms with van der Waals surface area (Å²) < 4.78 is 27.2. The largest absolute Gasteiger partial charge is 0.361 e. The van der Waals surface area contributed by atoms with Gasteiger partial charge in [-0.3, -0.25) is 9.59 Å². The predicted octanol–water partition coefficient (Wildman–Crippen LogP) is 5.31. The highest BCUT2D eigenvalue weighted by Gasteiger charge is 2.30. The molecule has 8 heteroatoms. The fraction of sp³-hybridized carbons (Fsp3) is 0.259. The van der Waals surface area contributed by atoms with Crippen LogP contribution in [0.15, 0.2) is 66.2 Å². The molecule has 1 saturated heterocycles. The summed E-state index contributed by atoms with van der Waals surface area (Å²) in [5.74, 6) is -2.29. The maximum atomic E-state index is 14.0. The molecule has 0 radical (unpaired) electrons. The molecule has 0 aliphatic carbocycles. The summed E-state index contributed by atoms with van der Waals surface area (Å²) in [7, 11) is 0. The molecule has 1 atom stereocenters. The Labute approximate surface area is 205 Å². The van der Waals surface area contributed by atoms with Gasteiger partial charge >= 0.3 is 0 Å². The number of aromatic nitrogens is 1. The van der Waals surface area contributed by atoms with Gasteiger partial charge in [0.2, 0.25) is 5.91 Å². The van der Waals surface area contributed by atoms with Crippen molar-refractivity contribution in [2.24, 2.45) is 5.92 Å². The van der Waals surface area contributed by atoms with E-state index in [4.69, 9.17) is 0 Å². The molecule has 2 aromatic heterocycles. The molecule has 3 heterocycles. The summed E-state index contributed by atoms with van der Waals surface area (Å²) in [6.45, 7) is 1.18. The highest BCUT2D eigenvalue weighted by molar-refractivity contribution is 7.10. The van der Waals surface area contributed by atoms with Crippen molar-refractivity contribution in [2.45, 2.75) is 18.8 Å². The van der Waals surface area contributed by atoms with Crippen LogP contribution in [-0.2, 0) is 4.79 Å². The molecule has 35 heavy (non-hydrogen) atoms. The molecule has 1 aliphatic heterocycles. The Bertz CT molecular complexity index is 1340. The number of carbonyl (C=O) groups excluding carboxylic acids is 2. The van der Waals surface area contributed by atoms with E-state index in [9.17, 15) is 18.4 Å². The molecule has 2 amide bonds. The molecule has 2 N–H and O–H groups in total. The first-order chi connectivity index (χ1) is 17.0. The van der Waals surface area contributed by atoms with Crippen molar-refractivity contribution in [2.75, 3.05) is 19.6 Å². The molecule has 1 unspecified atom stereocenters. The Morgan fingerprint density at radius 2 is 1.89 bits per heavy atom. The van der Waals surface area contributed by atoms with Crippen molar-refractivity contribution in [1.82, 2.24) is 15.2 Å². The molecule has 2 aromatic carbocycles. The van der Waals surface area contributed by atoms with Gasteiger partial charge in [-0.05, 0) is 48.1 Å². The van der Waals surface area contributed by atoms with Crippen LogP contribution in [0.5, 0.6) is 0 Å². The minimum atomic E-state index is -0.869. The van der Waals surface area contributed by atoms with Crippen LogP contribution in [0.25, 0.3) is 10.9 Å². The quantitative estimate of drug-likeness (QED) is 0.382. The van der Waals surface area contributed by atoms with E-state index in [0.717, 1.165) is 22.5 Å². The first-order valence-corrected chi connectivity index (χ1v) is 12.5. The van der Waals surface area contributed by atoms with Crippen LogP contribution in [0.4, 0.5) is 8.78 Å². The average Bonchev–Trinajstić information content (AvgIpc) is 3.55. The first kappa shape index (κ1) is 23.2. The van der Waals surface area contributed by atoms with Crippen molar-refractivity contribution in [3.05, 3.63) is 93.8 Å². The van der Waals surface area contributed by atoms with E-state index in [-0.39, 0.29) is 23.3 Å². The second-order valence-corrected chi connectivity index (χ2v) is 9.77. The minimum Gasteiger partial charge on any atom is -0.361 e. The SMILES string of the molecule is O=C(NCC(c1cccs1)c1c[nH]c2ccccc12)C1CCN(C(=O)c2ccc(F)cc2F)CC1. The van der Waals surface area contributed by atoms with E-state index in [1.54, 1.807) is 11.3 Å². The van der Waals surface area contributed by atoms with Crippen LogP contribution >= 0.6 is 11.3 Å². The zero-order chi connectivity index (χ0) is 24.4. The second kappa shape index (κ2) is 10.00. The summed E-state index contributed by atoms with van der Waals surface area (Å²) in [5.41, 5.74) is 2.06. The lowest BCUT2D eigenvalue weighted by atomic mass is 9.93. The van der Waals surface area contributed by atoms with Crippen molar-refractivity contribution in [3.8, 4) is 0 Å². The van der Waals surface area contributed by atoms with Crippen LogP contribution in [0, 0.1) is 17.6 Å². The van der Waals surface area contributed by atoms with E-state index >= 15 is 0 Å². The molecule has 4 aromatic rings. The Balaban J connectivity index is 1.22. The van der Waals surface area contributed by atoms with Crippen molar-refractivity contribution in [1.29, 1.82) is 0 Å². The fourth-order valence-electron chi connectivity index (χ4n) is 4.76. The number of thiophene rings is 1. The van der Waals surface area contributed by atoms with E-state index in [0.29, 0.717) is 38.5 Å². The molecule has 0 saturated carbocycles.